The van der Waals surface area contributed by atoms with Gasteiger partial charge in [0, 0.05) is 31.8 Å². The fourth-order valence-corrected chi connectivity index (χ4v) is 3.10. The highest BCUT2D eigenvalue weighted by molar-refractivity contribution is 5.78. The first-order chi connectivity index (χ1) is 15.4. The molecule has 0 radical (unpaired) electrons. The van der Waals surface area contributed by atoms with E-state index in [2.05, 4.69) is 41.2 Å². The predicted octanol–water partition coefficient (Wildman–Crippen LogP) is 1.73. The Kier molecular flexibility index (Phi) is 5.91. The minimum Gasteiger partial charge on any atom is -0.352 e. The summed E-state index contributed by atoms with van der Waals surface area (Å²) in [5, 5.41) is 21.4. The Morgan fingerprint density at radius 1 is 1.19 bits per heavy atom. The number of rotatable bonds is 6. The van der Waals surface area contributed by atoms with Crippen molar-refractivity contribution in [3.8, 4) is 5.82 Å². The number of halogens is 3. The first-order valence-electron chi connectivity index (χ1n) is 9.49. The quantitative estimate of drug-likeness (QED) is 0.552. The molecule has 0 saturated carbocycles. The van der Waals surface area contributed by atoms with Crippen LogP contribution in [-0.2, 0) is 0 Å². The number of urea groups is 1. The van der Waals surface area contributed by atoms with Gasteiger partial charge in [0.25, 0.3) is 0 Å². The minimum atomic E-state index is -0.730. The van der Waals surface area contributed by atoms with Crippen molar-refractivity contribution in [2.24, 2.45) is 5.10 Å². The second kappa shape index (κ2) is 8.95. The lowest BCUT2D eigenvalue weighted by Crippen LogP contribution is -2.39. The normalized spacial score (nSPS) is 15.2. The molecule has 0 unspecified atom stereocenters. The topological polar surface area (TPSA) is 126 Å². The van der Waals surface area contributed by atoms with Crippen LogP contribution >= 0.6 is 0 Å². The lowest BCUT2D eigenvalue weighted by atomic mass is 10.0. The summed E-state index contributed by atoms with van der Waals surface area (Å²) in [6, 6.07) is 1.94. The molecule has 0 fully saturated rings. The monoisotopic (exact) mass is 446 g/mol. The number of hydrogen-bond acceptors (Lipinski definition) is 8. The molecule has 0 spiro atoms. The smallest absolute Gasteiger partial charge is 0.338 e. The zero-order valence-electron chi connectivity index (χ0n) is 16.7. The summed E-state index contributed by atoms with van der Waals surface area (Å²) in [6.07, 6.45) is 2.81. The van der Waals surface area contributed by atoms with Crippen molar-refractivity contribution in [3.63, 3.8) is 0 Å². The molecule has 14 heteroatoms. The second-order valence-corrected chi connectivity index (χ2v) is 6.76. The largest absolute Gasteiger partial charge is 0.352 e. The van der Waals surface area contributed by atoms with Crippen molar-refractivity contribution < 1.29 is 18.0 Å². The second-order valence-electron chi connectivity index (χ2n) is 6.76. The molecule has 3 heterocycles. The average molecular weight is 446 g/mol. The van der Waals surface area contributed by atoms with E-state index in [0.717, 1.165) is 22.0 Å². The highest BCUT2D eigenvalue weighted by Gasteiger charge is 2.28. The van der Waals surface area contributed by atoms with Gasteiger partial charge in [0.05, 0.1) is 12.2 Å². The van der Waals surface area contributed by atoms with Crippen molar-refractivity contribution in [3.05, 3.63) is 53.2 Å². The lowest BCUT2D eigenvalue weighted by molar-refractivity contribution is 0.186. The molecule has 1 aliphatic rings. The van der Waals surface area contributed by atoms with Gasteiger partial charge in [-0.1, -0.05) is 0 Å². The number of hydrogen-bond donors (Lipinski definition) is 2. The van der Waals surface area contributed by atoms with Gasteiger partial charge >= 0.3 is 6.03 Å². The Bertz CT molecular complexity index is 1150. The summed E-state index contributed by atoms with van der Waals surface area (Å²) >= 11 is 0. The Hall–Kier alpha value is -4.10. The maximum Gasteiger partial charge on any atom is 0.338 e. The number of amides is 2. The Balaban J connectivity index is 1.33. The number of hydrazone groups is 1. The molecule has 2 amide bonds. The van der Waals surface area contributed by atoms with Gasteiger partial charge < -0.3 is 10.6 Å². The Morgan fingerprint density at radius 3 is 2.69 bits per heavy atom. The van der Waals surface area contributed by atoms with Gasteiger partial charge in [-0.15, -0.1) is 5.10 Å². The van der Waals surface area contributed by atoms with Crippen molar-refractivity contribution in [2.45, 2.75) is 19.4 Å². The SMILES string of the molecule is Cc1nnnn1-c1nc(NCCNC(=O)N2N=CC[C@H]2c2cc(F)cc(F)c2)ncc1F. The van der Waals surface area contributed by atoms with Crippen LogP contribution in [0, 0.1) is 24.4 Å². The van der Waals surface area contributed by atoms with Crippen LogP contribution in [0.3, 0.4) is 0 Å². The molecule has 2 N–H and O–H groups in total. The van der Waals surface area contributed by atoms with E-state index < -0.39 is 29.5 Å². The molecule has 2 aromatic heterocycles. The van der Waals surface area contributed by atoms with Crippen molar-refractivity contribution in [1.29, 1.82) is 0 Å². The van der Waals surface area contributed by atoms with E-state index in [9.17, 15) is 18.0 Å². The Morgan fingerprint density at radius 2 is 1.97 bits per heavy atom. The van der Waals surface area contributed by atoms with Crippen LogP contribution in [-0.4, -0.2) is 60.5 Å². The molecule has 1 aromatic carbocycles. The van der Waals surface area contributed by atoms with E-state index in [0.29, 0.717) is 17.8 Å². The summed E-state index contributed by atoms with van der Waals surface area (Å²) in [4.78, 5) is 20.4. The number of aryl methyl sites for hydroxylation is 1. The van der Waals surface area contributed by atoms with E-state index in [-0.39, 0.29) is 24.9 Å². The van der Waals surface area contributed by atoms with E-state index in [1.807, 2.05) is 0 Å². The number of carbonyl (C=O) groups excluding carboxylic acids is 1. The summed E-state index contributed by atoms with van der Waals surface area (Å²) in [5.74, 6) is -1.83. The molecule has 1 aliphatic heterocycles. The van der Waals surface area contributed by atoms with Crippen LogP contribution in [0.25, 0.3) is 5.82 Å². The maximum atomic E-state index is 14.0. The van der Waals surface area contributed by atoms with E-state index in [1.165, 1.54) is 18.3 Å². The average Bonchev–Trinajstić information content (AvgIpc) is 3.41. The maximum absolute atomic E-state index is 14.0. The number of aromatic nitrogens is 6. The molecule has 0 aliphatic carbocycles. The third-order valence-corrected chi connectivity index (χ3v) is 4.54. The summed E-state index contributed by atoms with van der Waals surface area (Å²) < 4.78 is 42.2. The molecular weight excluding hydrogens is 429 g/mol. The summed E-state index contributed by atoms with van der Waals surface area (Å²) in [6.45, 7) is 1.95. The number of nitrogens with one attached hydrogen (secondary N) is 2. The van der Waals surface area contributed by atoms with Gasteiger partial charge in [-0.2, -0.15) is 14.8 Å². The first-order valence-corrected chi connectivity index (χ1v) is 9.49. The van der Waals surface area contributed by atoms with Crippen molar-refractivity contribution >= 4 is 18.2 Å². The zero-order chi connectivity index (χ0) is 22.7. The molecule has 11 nitrogen and oxygen atoms in total. The highest BCUT2D eigenvalue weighted by atomic mass is 19.1. The molecule has 32 heavy (non-hydrogen) atoms. The van der Waals surface area contributed by atoms with Crippen LogP contribution in [0.1, 0.15) is 23.9 Å². The molecule has 4 rings (SSSR count). The van der Waals surface area contributed by atoms with Gasteiger partial charge in [-0.3, -0.25) is 0 Å². The first kappa shape index (κ1) is 21.1. The lowest BCUT2D eigenvalue weighted by Gasteiger charge is -2.22. The molecule has 1 atom stereocenters. The molecule has 0 bridgehead atoms. The van der Waals surface area contributed by atoms with Crippen LogP contribution in [0.2, 0.25) is 0 Å². The van der Waals surface area contributed by atoms with E-state index >= 15 is 0 Å². The zero-order valence-corrected chi connectivity index (χ0v) is 16.7. The van der Waals surface area contributed by atoms with Crippen molar-refractivity contribution in [2.75, 3.05) is 18.4 Å². The number of carbonyl (C=O) groups is 1. The minimum absolute atomic E-state index is 0.109. The van der Waals surface area contributed by atoms with Gasteiger partial charge in [-0.05, 0) is 35.0 Å². The van der Waals surface area contributed by atoms with E-state index in [4.69, 9.17) is 0 Å². The van der Waals surface area contributed by atoms with Crippen LogP contribution in [0.4, 0.5) is 23.9 Å². The molecule has 0 saturated heterocycles. The molecular formula is C18H17F3N10O. The fraction of sp³-hybridized carbons (Fsp3) is 0.278. The fourth-order valence-electron chi connectivity index (χ4n) is 3.10. The highest BCUT2D eigenvalue weighted by Crippen LogP contribution is 2.29. The number of tetrazole rings is 1. The Labute approximate surface area is 179 Å². The van der Waals surface area contributed by atoms with Crippen molar-refractivity contribution in [1.82, 2.24) is 40.5 Å². The van der Waals surface area contributed by atoms with Gasteiger partial charge in [0.1, 0.15) is 11.6 Å². The van der Waals surface area contributed by atoms with Gasteiger partial charge in [0.15, 0.2) is 17.5 Å². The van der Waals surface area contributed by atoms with Crippen LogP contribution < -0.4 is 10.6 Å². The standard InChI is InChI=1S/C18H17F3N10O/c1-10-27-28-29-30(10)16-14(21)9-24-17(26-16)22-4-5-23-18(32)31-15(2-3-25-31)11-6-12(19)8-13(20)7-11/h3,6-9,15H,2,4-5H2,1H3,(H,23,32)(H,22,24,26)/t15-/m0/s1. The van der Waals surface area contributed by atoms with Crippen LogP contribution in [0.15, 0.2) is 29.5 Å². The van der Waals surface area contributed by atoms with Crippen LogP contribution in [0.5, 0.6) is 0 Å². The summed E-state index contributed by atoms with van der Waals surface area (Å²) in [7, 11) is 0. The number of nitrogens with zero attached hydrogens (tertiary/aromatic N) is 8. The predicted molar refractivity (Wildman–Crippen MR) is 105 cm³/mol. The van der Waals surface area contributed by atoms with E-state index in [1.54, 1.807) is 6.92 Å². The molecule has 166 valence electrons. The third-order valence-electron chi connectivity index (χ3n) is 4.54. The summed E-state index contributed by atoms with van der Waals surface area (Å²) in [5.41, 5.74) is 0.304. The molecule has 3 aromatic rings. The number of benzene rings is 1. The third kappa shape index (κ3) is 4.48. The van der Waals surface area contributed by atoms with Gasteiger partial charge in [-0.25, -0.2) is 28.0 Å². The van der Waals surface area contributed by atoms with Gasteiger partial charge in [0.2, 0.25) is 5.95 Å². The number of anilines is 1.